The van der Waals surface area contributed by atoms with Crippen LogP contribution in [0.4, 0.5) is 8.78 Å². The smallest absolute Gasteiger partial charge is 0.387 e. The minimum atomic E-state index is -2.82. The Labute approximate surface area is 154 Å². The van der Waals surface area contributed by atoms with Crippen LogP contribution < -0.4 is 4.74 Å². The van der Waals surface area contributed by atoms with Gasteiger partial charge in [-0.2, -0.15) is 8.78 Å². The van der Waals surface area contributed by atoms with Gasteiger partial charge in [0.2, 0.25) is 0 Å². The number of thiophene rings is 1. The van der Waals surface area contributed by atoms with Gasteiger partial charge in [0.15, 0.2) is 5.82 Å². The molecule has 1 aliphatic rings. The first kappa shape index (κ1) is 17.1. The van der Waals surface area contributed by atoms with E-state index in [9.17, 15) is 8.78 Å². The zero-order chi connectivity index (χ0) is 17.9. The molecule has 0 saturated heterocycles. The SMILES string of the molecule is FC(F)Oc1ccccc1CN1CCc2nc(-c3cccs3)ncc2C1. The topological polar surface area (TPSA) is 38.2 Å². The molecular weight excluding hydrogens is 356 g/mol. The number of hydrogen-bond donors (Lipinski definition) is 0. The minimum absolute atomic E-state index is 0.234. The maximum Gasteiger partial charge on any atom is 0.387 e. The Bertz CT molecular complexity index is 886. The van der Waals surface area contributed by atoms with Gasteiger partial charge in [0.05, 0.1) is 10.6 Å². The van der Waals surface area contributed by atoms with Crippen molar-refractivity contribution in [1.82, 2.24) is 14.9 Å². The van der Waals surface area contributed by atoms with Crippen molar-refractivity contribution in [3.8, 4) is 16.5 Å². The number of para-hydroxylation sites is 1. The van der Waals surface area contributed by atoms with E-state index < -0.39 is 6.61 Å². The van der Waals surface area contributed by atoms with Crippen molar-refractivity contribution in [2.75, 3.05) is 6.54 Å². The third-order valence-electron chi connectivity index (χ3n) is 4.34. The Kier molecular flexibility index (Phi) is 4.90. The Balaban J connectivity index is 1.49. The van der Waals surface area contributed by atoms with Crippen LogP contribution in [0, 0.1) is 0 Å². The number of aromatic nitrogens is 2. The van der Waals surface area contributed by atoms with Crippen LogP contribution in [-0.2, 0) is 19.5 Å². The largest absolute Gasteiger partial charge is 0.434 e. The summed E-state index contributed by atoms with van der Waals surface area (Å²) in [5, 5.41) is 2.01. The average molecular weight is 373 g/mol. The molecule has 134 valence electrons. The molecule has 4 rings (SSSR count). The zero-order valence-corrected chi connectivity index (χ0v) is 14.8. The molecule has 4 nitrogen and oxygen atoms in total. The van der Waals surface area contributed by atoms with Crippen LogP contribution >= 0.6 is 11.3 Å². The van der Waals surface area contributed by atoms with Crippen molar-refractivity contribution in [3.05, 3.63) is 64.8 Å². The standard InChI is InChI=1S/C19H17F2N3OS/c20-19(21)25-16-5-2-1-4-13(16)11-24-8-7-15-14(12-24)10-22-18(23-15)17-6-3-9-26-17/h1-6,9-10,19H,7-8,11-12H2. The lowest BCUT2D eigenvalue weighted by molar-refractivity contribution is -0.0508. The van der Waals surface area contributed by atoms with Gasteiger partial charge in [0.1, 0.15) is 5.75 Å². The summed E-state index contributed by atoms with van der Waals surface area (Å²) < 4.78 is 29.8. The highest BCUT2D eigenvalue weighted by Gasteiger charge is 2.20. The van der Waals surface area contributed by atoms with Crippen molar-refractivity contribution in [1.29, 1.82) is 0 Å². The molecule has 0 unspecified atom stereocenters. The van der Waals surface area contributed by atoms with E-state index in [-0.39, 0.29) is 5.75 Å². The first-order valence-corrected chi connectivity index (χ1v) is 9.21. The van der Waals surface area contributed by atoms with Gasteiger partial charge in [-0.15, -0.1) is 11.3 Å². The first-order valence-electron chi connectivity index (χ1n) is 8.33. The molecule has 0 aliphatic carbocycles. The fourth-order valence-electron chi connectivity index (χ4n) is 3.12. The lowest BCUT2D eigenvalue weighted by Crippen LogP contribution is -2.31. The second kappa shape index (κ2) is 7.47. The van der Waals surface area contributed by atoms with Crippen LogP contribution in [0.3, 0.4) is 0 Å². The van der Waals surface area contributed by atoms with E-state index in [0.717, 1.165) is 40.5 Å². The number of fused-ring (bicyclic) bond motifs is 1. The van der Waals surface area contributed by atoms with Crippen molar-refractivity contribution in [3.63, 3.8) is 0 Å². The summed E-state index contributed by atoms with van der Waals surface area (Å²) in [5.74, 6) is 1.00. The van der Waals surface area contributed by atoms with Gasteiger partial charge < -0.3 is 4.74 Å². The van der Waals surface area contributed by atoms with Crippen LogP contribution in [0.25, 0.3) is 10.7 Å². The van der Waals surface area contributed by atoms with Crippen LogP contribution in [-0.4, -0.2) is 28.0 Å². The Morgan fingerprint density at radius 2 is 2.08 bits per heavy atom. The highest BCUT2D eigenvalue weighted by molar-refractivity contribution is 7.13. The van der Waals surface area contributed by atoms with Crippen LogP contribution in [0.1, 0.15) is 16.8 Å². The molecule has 7 heteroatoms. The van der Waals surface area contributed by atoms with Gasteiger partial charge in [-0.3, -0.25) is 4.90 Å². The van der Waals surface area contributed by atoms with Crippen molar-refractivity contribution >= 4 is 11.3 Å². The second-order valence-electron chi connectivity index (χ2n) is 6.09. The molecule has 26 heavy (non-hydrogen) atoms. The number of benzene rings is 1. The van der Waals surface area contributed by atoms with Gasteiger partial charge in [-0.1, -0.05) is 24.3 Å². The maximum atomic E-state index is 12.6. The summed E-state index contributed by atoms with van der Waals surface area (Å²) in [5.41, 5.74) is 2.91. The fraction of sp³-hybridized carbons (Fsp3) is 0.263. The molecule has 2 aromatic heterocycles. The summed E-state index contributed by atoms with van der Waals surface area (Å²) >= 11 is 1.62. The summed E-state index contributed by atoms with van der Waals surface area (Å²) in [6.07, 6.45) is 2.69. The summed E-state index contributed by atoms with van der Waals surface area (Å²) in [7, 11) is 0. The monoisotopic (exact) mass is 373 g/mol. The third kappa shape index (κ3) is 3.73. The zero-order valence-electron chi connectivity index (χ0n) is 13.9. The van der Waals surface area contributed by atoms with Gasteiger partial charge in [0, 0.05) is 43.4 Å². The van der Waals surface area contributed by atoms with Crippen LogP contribution in [0.15, 0.2) is 48.0 Å². The lowest BCUT2D eigenvalue weighted by atomic mass is 10.1. The van der Waals surface area contributed by atoms with Gasteiger partial charge >= 0.3 is 6.61 Å². The molecule has 0 spiro atoms. The Morgan fingerprint density at radius 1 is 1.19 bits per heavy atom. The highest BCUT2D eigenvalue weighted by Crippen LogP contribution is 2.27. The molecule has 3 aromatic rings. The summed E-state index contributed by atoms with van der Waals surface area (Å²) in [6, 6.07) is 10.9. The predicted molar refractivity (Wildman–Crippen MR) is 96.2 cm³/mol. The summed E-state index contributed by atoms with van der Waals surface area (Å²) in [6.45, 7) is -0.753. The highest BCUT2D eigenvalue weighted by atomic mass is 32.1. The first-order chi connectivity index (χ1) is 12.7. The molecular formula is C19H17F2N3OS. The van der Waals surface area contributed by atoms with E-state index >= 15 is 0 Å². The molecule has 0 amide bonds. The molecule has 0 bridgehead atoms. The predicted octanol–water partition coefficient (Wildman–Crippen LogP) is 4.36. The number of alkyl halides is 2. The molecule has 0 radical (unpaired) electrons. The lowest BCUT2D eigenvalue weighted by Gasteiger charge is -2.28. The van der Waals surface area contributed by atoms with E-state index in [1.807, 2.05) is 35.8 Å². The maximum absolute atomic E-state index is 12.6. The van der Waals surface area contributed by atoms with Crippen molar-refractivity contribution < 1.29 is 13.5 Å². The number of halogens is 2. The Morgan fingerprint density at radius 3 is 2.88 bits per heavy atom. The van der Waals surface area contributed by atoms with E-state index in [1.54, 1.807) is 23.5 Å². The number of ether oxygens (including phenoxy) is 1. The molecule has 0 N–H and O–H groups in total. The normalized spacial score (nSPS) is 14.4. The third-order valence-corrected chi connectivity index (χ3v) is 5.20. The molecule has 3 heterocycles. The minimum Gasteiger partial charge on any atom is -0.434 e. The number of nitrogens with zero attached hydrogens (tertiary/aromatic N) is 3. The van der Waals surface area contributed by atoms with Gasteiger partial charge in [-0.05, 0) is 17.5 Å². The number of hydrogen-bond acceptors (Lipinski definition) is 5. The van der Waals surface area contributed by atoms with E-state index in [1.165, 1.54) is 0 Å². The van der Waals surface area contributed by atoms with E-state index in [4.69, 9.17) is 4.98 Å². The van der Waals surface area contributed by atoms with E-state index in [0.29, 0.717) is 13.1 Å². The molecule has 0 atom stereocenters. The van der Waals surface area contributed by atoms with Gasteiger partial charge in [-0.25, -0.2) is 9.97 Å². The quantitative estimate of drug-likeness (QED) is 0.666. The van der Waals surface area contributed by atoms with E-state index in [2.05, 4.69) is 14.6 Å². The van der Waals surface area contributed by atoms with Crippen LogP contribution in [0.5, 0.6) is 5.75 Å². The van der Waals surface area contributed by atoms with Gasteiger partial charge in [0.25, 0.3) is 0 Å². The van der Waals surface area contributed by atoms with Crippen molar-refractivity contribution in [2.45, 2.75) is 26.1 Å². The summed E-state index contributed by atoms with van der Waals surface area (Å²) in [4.78, 5) is 12.4. The molecule has 1 aromatic carbocycles. The second-order valence-corrected chi connectivity index (χ2v) is 7.04. The fourth-order valence-corrected chi connectivity index (χ4v) is 3.79. The van der Waals surface area contributed by atoms with Crippen LogP contribution in [0.2, 0.25) is 0 Å². The number of rotatable bonds is 5. The Hall–Kier alpha value is -2.38. The molecule has 0 fully saturated rings. The molecule has 0 saturated carbocycles. The average Bonchev–Trinajstić information content (AvgIpc) is 3.17. The van der Waals surface area contributed by atoms with Crippen molar-refractivity contribution in [2.24, 2.45) is 0 Å². The molecule has 1 aliphatic heterocycles.